The minimum absolute atomic E-state index is 0.172. The molecule has 0 aromatic carbocycles. The average molecular weight is 253 g/mol. The Bertz CT molecular complexity index is 442. The largest absolute Gasteiger partial charge is 0.481 e. The SMILES string of the molecule is CC(C(=O)O)C(C)C(=O)N(C)Cc1cnn(C)c1. The average Bonchev–Trinajstić information content (AvgIpc) is 2.71. The van der Waals surface area contributed by atoms with Crippen LogP contribution in [-0.2, 0) is 23.2 Å². The predicted octanol–water partition coefficient (Wildman–Crippen LogP) is 0.735. The van der Waals surface area contributed by atoms with Crippen LogP contribution in [0.25, 0.3) is 0 Å². The molecular formula is C12H19N3O3. The van der Waals surface area contributed by atoms with Gasteiger partial charge in [0.2, 0.25) is 5.91 Å². The predicted molar refractivity (Wildman–Crippen MR) is 65.6 cm³/mol. The van der Waals surface area contributed by atoms with E-state index in [1.54, 1.807) is 38.8 Å². The van der Waals surface area contributed by atoms with E-state index in [1.165, 1.54) is 4.90 Å². The summed E-state index contributed by atoms with van der Waals surface area (Å²) in [4.78, 5) is 24.4. The standard InChI is InChI=1S/C12H19N3O3/c1-8(9(2)12(17)18)11(16)14(3)6-10-5-13-15(4)7-10/h5,7-9H,6H2,1-4H3,(H,17,18). The summed E-state index contributed by atoms with van der Waals surface area (Å²) >= 11 is 0. The van der Waals surface area contributed by atoms with Crippen molar-refractivity contribution in [3.8, 4) is 0 Å². The third-order valence-electron chi connectivity index (χ3n) is 3.08. The number of amides is 1. The molecule has 0 aliphatic heterocycles. The van der Waals surface area contributed by atoms with Crippen molar-refractivity contribution in [2.75, 3.05) is 7.05 Å². The highest BCUT2D eigenvalue weighted by Crippen LogP contribution is 2.15. The van der Waals surface area contributed by atoms with Gasteiger partial charge in [-0.15, -0.1) is 0 Å². The first-order valence-corrected chi connectivity index (χ1v) is 5.78. The summed E-state index contributed by atoms with van der Waals surface area (Å²) in [5.74, 6) is -2.35. The first kappa shape index (κ1) is 14.2. The normalized spacial score (nSPS) is 14.0. The molecule has 6 nitrogen and oxygen atoms in total. The van der Waals surface area contributed by atoms with Crippen LogP contribution in [-0.4, -0.2) is 38.7 Å². The molecule has 0 saturated carbocycles. The van der Waals surface area contributed by atoms with Crippen LogP contribution >= 0.6 is 0 Å². The molecule has 0 fully saturated rings. The molecule has 1 heterocycles. The number of aromatic nitrogens is 2. The van der Waals surface area contributed by atoms with Gasteiger partial charge in [0.05, 0.1) is 12.1 Å². The van der Waals surface area contributed by atoms with E-state index >= 15 is 0 Å². The molecule has 1 rings (SSSR count). The number of hydrogen-bond donors (Lipinski definition) is 1. The summed E-state index contributed by atoms with van der Waals surface area (Å²) < 4.78 is 1.66. The fraction of sp³-hybridized carbons (Fsp3) is 0.583. The second kappa shape index (κ2) is 5.66. The lowest BCUT2D eigenvalue weighted by atomic mass is 9.95. The quantitative estimate of drug-likeness (QED) is 0.839. The van der Waals surface area contributed by atoms with Crippen molar-refractivity contribution in [2.24, 2.45) is 18.9 Å². The van der Waals surface area contributed by atoms with Gasteiger partial charge in [-0.2, -0.15) is 5.10 Å². The monoisotopic (exact) mass is 253 g/mol. The van der Waals surface area contributed by atoms with Crippen LogP contribution in [0.3, 0.4) is 0 Å². The molecular weight excluding hydrogens is 234 g/mol. The second-order valence-electron chi connectivity index (χ2n) is 4.63. The van der Waals surface area contributed by atoms with Gasteiger partial charge >= 0.3 is 5.97 Å². The molecule has 0 bridgehead atoms. The van der Waals surface area contributed by atoms with Gasteiger partial charge in [-0.1, -0.05) is 13.8 Å². The highest BCUT2D eigenvalue weighted by atomic mass is 16.4. The Morgan fingerprint density at radius 1 is 1.44 bits per heavy atom. The summed E-state index contributed by atoms with van der Waals surface area (Å²) in [7, 11) is 3.47. The van der Waals surface area contributed by atoms with Crippen LogP contribution < -0.4 is 0 Å². The molecule has 1 amide bonds. The van der Waals surface area contributed by atoms with Crippen molar-refractivity contribution in [1.82, 2.24) is 14.7 Å². The molecule has 1 aromatic rings. The summed E-state index contributed by atoms with van der Waals surface area (Å²) in [6.07, 6.45) is 3.52. The van der Waals surface area contributed by atoms with E-state index in [-0.39, 0.29) is 5.91 Å². The Kier molecular flexibility index (Phi) is 4.47. The molecule has 0 aliphatic rings. The molecule has 6 heteroatoms. The third kappa shape index (κ3) is 3.32. The van der Waals surface area contributed by atoms with Crippen LogP contribution in [0.5, 0.6) is 0 Å². The van der Waals surface area contributed by atoms with Gasteiger partial charge < -0.3 is 10.0 Å². The molecule has 1 aromatic heterocycles. The van der Waals surface area contributed by atoms with Gasteiger partial charge in [-0.05, 0) is 0 Å². The van der Waals surface area contributed by atoms with Gasteiger partial charge in [-0.25, -0.2) is 0 Å². The van der Waals surface area contributed by atoms with Crippen LogP contribution in [0.1, 0.15) is 19.4 Å². The van der Waals surface area contributed by atoms with E-state index in [0.29, 0.717) is 6.54 Å². The lowest BCUT2D eigenvalue weighted by Crippen LogP contribution is -2.36. The number of aliphatic carboxylic acids is 1. The molecule has 100 valence electrons. The van der Waals surface area contributed by atoms with Crippen molar-refractivity contribution >= 4 is 11.9 Å². The van der Waals surface area contributed by atoms with E-state index in [4.69, 9.17) is 5.11 Å². The maximum atomic E-state index is 12.0. The van der Waals surface area contributed by atoms with Gasteiger partial charge in [0.15, 0.2) is 0 Å². The number of aryl methyl sites for hydroxylation is 1. The van der Waals surface area contributed by atoms with Crippen LogP contribution in [0.2, 0.25) is 0 Å². The zero-order chi connectivity index (χ0) is 13.9. The second-order valence-corrected chi connectivity index (χ2v) is 4.63. The molecule has 18 heavy (non-hydrogen) atoms. The Hall–Kier alpha value is -1.85. The maximum absolute atomic E-state index is 12.0. The zero-order valence-electron chi connectivity index (χ0n) is 11.1. The fourth-order valence-electron chi connectivity index (χ4n) is 1.68. The third-order valence-corrected chi connectivity index (χ3v) is 3.08. The van der Waals surface area contributed by atoms with E-state index in [2.05, 4.69) is 5.10 Å². The highest BCUT2D eigenvalue weighted by molar-refractivity contribution is 5.84. The van der Waals surface area contributed by atoms with E-state index in [1.807, 2.05) is 6.20 Å². The molecule has 2 unspecified atom stereocenters. The molecule has 1 N–H and O–H groups in total. The van der Waals surface area contributed by atoms with Gasteiger partial charge in [0.25, 0.3) is 0 Å². The Morgan fingerprint density at radius 3 is 2.50 bits per heavy atom. The Balaban J connectivity index is 2.63. The summed E-state index contributed by atoms with van der Waals surface area (Å²) in [6.45, 7) is 3.62. The van der Waals surface area contributed by atoms with Gasteiger partial charge in [-0.3, -0.25) is 14.3 Å². The number of rotatable bonds is 5. The number of carboxylic acids is 1. The van der Waals surface area contributed by atoms with E-state index in [9.17, 15) is 9.59 Å². The Morgan fingerprint density at radius 2 is 2.06 bits per heavy atom. The Labute approximate surface area is 106 Å². The number of carbonyl (C=O) groups is 2. The number of nitrogens with zero attached hydrogens (tertiary/aromatic N) is 3. The summed E-state index contributed by atoms with van der Waals surface area (Å²) in [5.41, 5.74) is 0.920. The van der Waals surface area contributed by atoms with Gasteiger partial charge in [0.1, 0.15) is 0 Å². The maximum Gasteiger partial charge on any atom is 0.307 e. The van der Waals surface area contributed by atoms with Crippen molar-refractivity contribution in [3.63, 3.8) is 0 Å². The fourth-order valence-corrected chi connectivity index (χ4v) is 1.68. The summed E-state index contributed by atoms with van der Waals surface area (Å²) in [5, 5.41) is 12.9. The molecule has 0 spiro atoms. The topological polar surface area (TPSA) is 75.4 Å². The number of carboxylic acid groups (broad SMARTS) is 1. The minimum atomic E-state index is -0.953. The number of hydrogen-bond acceptors (Lipinski definition) is 3. The summed E-state index contributed by atoms with van der Waals surface area (Å²) in [6, 6.07) is 0. The van der Waals surface area contributed by atoms with E-state index in [0.717, 1.165) is 5.56 Å². The number of carbonyl (C=O) groups excluding carboxylic acids is 1. The molecule has 0 saturated heterocycles. The van der Waals surface area contributed by atoms with Crippen molar-refractivity contribution < 1.29 is 14.7 Å². The zero-order valence-corrected chi connectivity index (χ0v) is 11.1. The minimum Gasteiger partial charge on any atom is -0.481 e. The highest BCUT2D eigenvalue weighted by Gasteiger charge is 2.28. The van der Waals surface area contributed by atoms with Crippen LogP contribution in [0.4, 0.5) is 0 Å². The van der Waals surface area contributed by atoms with Crippen molar-refractivity contribution in [3.05, 3.63) is 18.0 Å². The molecule has 0 radical (unpaired) electrons. The van der Waals surface area contributed by atoms with Crippen molar-refractivity contribution in [1.29, 1.82) is 0 Å². The lowest BCUT2D eigenvalue weighted by Gasteiger charge is -2.23. The molecule has 2 atom stereocenters. The smallest absolute Gasteiger partial charge is 0.307 e. The first-order chi connectivity index (χ1) is 8.32. The first-order valence-electron chi connectivity index (χ1n) is 5.78. The molecule has 0 aliphatic carbocycles. The van der Waals surface area contributed by atoms with E-state index < -0.39 is 17.8 Å². The van der Waals surface area contributed by atoms with Crippen LogP contribution in [0, 0.1) is 11.8 Å². The lowest BCUT2D eigenvalue weighted by molar-refractivity contribution is -0.148. The van der Waals surface area contributed by atoms with Crippen molar-refractivity contribution in [2.45, 2.75) is 20.4 Å². The van der Waals surface area contributed by atoms with Gasteiger partial charge in [0, 0.05) is 38.3 Å². The van der Waals surface area contributed by atoms with Crippen LogP contribution in [0.15, 0.2) is 12.4 Å².